The van der Waals surface area contributed by atoms with E-state index in [-0.39, 0.29) is 0 Å². The fraction of sp³-hybridized carbons (Fsp3) is 0.240. The van der Waals surface area contributed by atoms with Crippen molar-refractivity contribution in [3.63, 3.8) is 0 Å². The van der Waals surface area contributed by atoms with Crippen molar-refractivity contribution < 1.29 is 9.84 Å². The Balaban J connectivity index is 1.18. The number of aliphatic hydroxyl groups is 1. The predicted molar refractivity (Wildman–Crippen MR) is 119 cm³/mol. The van der Waals surface area contributed by atoms with Gasteiger partial charge in [0.05, 0.1) is 23.5 Å². The Labute approximate surface area is 177 Å². The third-order valence-electron chi connectivity index (χ3n) is 5.13. The molecule has 5 heteroatoms. The number of fused-ring (bicyclic) bond motifs is 1. The molecule has 5 nitrogen and oxygen atoms in total. The zero-order chi connectivity index (χ0) is 20.6. The third-order valence-corrected chi connectivity index (χ3v) is 5.13. The fourth-order valence-electron chi connectivity index (χ4n) is 3.45. The van der Waals surface area contributed by atoms with Crippen LogP contribution in [0.3, 0.4) is 0 Å². The summed E-state index contributed by atoms with van der Waals surface area (Å²) in [5.41, 5.74) is 4.20. The molecule has 3 aromatic carbocycles. The van der Waals surface area contributed by atoms with E-state index in [0.29, 0.717) is 13.2 Å². The smallest absolute Gasteiger partial charge is 0.119 e. The average molecular weight is 402 g/mol. The minimum absolute atomic E-state index is 0.523. The van der Waals surface area contributed by atoms with E-state index in [0.717, 1.165) is 47.4 Å². The topological polar surface area (TPSA) is 59.3 Å². The molecule has 1 unspecified atom stereocenters. The van der Waals surface area contributed by atoms with Gasteiger partial charge in [-0.3, -0.25) is 0 Å². The molecule has 0 radical (unpaired) electrons. The molecule has 30 heavy (non-hydrogen) atoms. The molecule has 0 bridgehead atoms. The van der Waals surface area contributed by atoms with Crippen LogP contribution in [0.1, 0.15) is 23.7 Å². The number of benzene rings is 3. The molecule has 0 amide bonds. The number of imidazole rings is 1. The van der Waals surface area contributed by atoms with Gasteiger partial charge in [-0.25, -0.2) is 4.98 Å². The van der Waals surface area contributed by atoms with E-state index in [1.807, 2.05) is 79.1 Å². The van der Waals surface area contributed by atoms with E-state index in [2.05, 4.69) is 20.9 Å². The Morgan fingerprint density at radius 1 is 0.933 bits per heavy atom. The predicted octanol–water partition coefficient (Wildman–Crippen LogP) is 4.33. The summed E-state index contributed by atoms with van der Waals surface area (Å²) in [6.45, 7) is 2.80. The number of ether oxygens (including phenoxy) is 1. The van der Waals surface area contributed by atoms with Gasteiger partial charge in [0.2, 0.25) is 0 Å². The van der Waals surface area contributed by atoms with Gasteiger partial charge in [0, 0.05) is 13.1 Å². The normalized spacial score (nSPS) is 12.2. The van der Waals surface area contributed by atoms with Gasteiger partial charge in [-0.05, 0) is 48.4 Å². The first-order chi connectivity index (χ1) is 14.8. The molecular formula is C25H27N3O2. The van der Waals surface area contributed by atoms with Crippen LogP contribution in [0, 0.1) is 0 Å². The van der Waals surface area contributed by atoms with Crippen LogP contribution >= 0.6 is 0 Å². The maximum Gasteiger partial charge on any atom is 0.119 e. The zero-order valence-corrected chi connectivity index (χ0v) is 16.9. The summed E-state index contributed by atoms with van der Waals surface area (Å²) in [5, 5.41) is 13.8. The molecule has 0 aliphatic carbocycles. The maximum atomic E-state index is 10.4. The quantitative estimate of drug-likeness (QED) is 0.388. The monoisotopic (exact) mass is 401 g/mol. The lowest BCUT2D eigenvalue weighted by Crippen LogP contribution is -2.23. The number of hydrogen-bond acceptors (Lipinski definition) is 4. The van der Waals surface area contributed by atoms with Crippen molar-refractivity contribution in [3.05, 3.63) is 96.3 Å². The van der Waals surface area contributed by atoms with Crippen molar-refractivity contribution in [1.29, 1.82) is 0 Å². The highest BCUT2D eigenvalue weighted by Crippen LogP contribution is 2.18. The standard InChI is InChI=1S/C25H27N3O2/c29-25(17-26-15-6-16-28-19-27-23-9-4-5-10-24(23)28)21-11-13-22(14-12-21)30-18-20-7-2-1-3-8-20/h1-5,7-14,19,25-26,29H,6,15-18H2. The van der Waals surface area contributed by atoms with Crippen LogP contribution < -0.4 is 10.1 Å². The molecule has 2 N–H and O–H groups in total. The highest BCUT2D eigenvalue weighted by Gasteiger charge is 2.07. The van der Waals surface area contributed by atoms with Crippen LogP contribution in [0.5, 0.6) is 5.75 Å². The average Bonchev–Trinajstić information content (AvgIpc) is 3.21. The Kier molecular flexibility index (Phi) is 6.75. The highest BCUT2D eigenvalue weighted by atomic mass is 16.5. The Morgan fingerprint density at radius 2 is 1.70 bits per heavy atom. The molecule has 0 saturated heterocycles. The lowest BCUT2D eigenvalue weighted by Gasteiger charge is -2.13. The molecule has 0 saturated carbocycles. The molecule has 154 valence electrons. The first-order valence-electron chi connectivity index (χ1n) is 10.3. The number of hydrogen-bond donors (Lipinski definition) is 2. The second-order valence-electron chi connectivity index (χ2n) is 7.34. The second-order valence-corrected chi connectivity index (χ2v) is 7.34. The van der Waals surface area contributed by atoms with Crippen molar-refractivity contribution in [2.24, 2.45) is 0 Å². The van der Waals surface area contributed by atoms with Gasteiger partial charge in [0.15, 0.2) is 0 Å². The first-order valence-corrected chi connectivity index (χ1v) is 10.3. The van der Waals surface area contributed by atoms with E-state index in [1.54, 1.807) is 0 Å². The number of aliphatic hydroxyl groups excluding tert-OH is 1. The zero-order valence-electron chi connectivity index (χ0n) is 16.9. The third kappa shape index (κ3) is 5.26. The van der Waals surface area contributed by atoms with E-state index in [4.69, 9.17) is 4.74 Å². The van der Waals surface area contributed by atoms with Crippen molar-refractivity contribution in [3.8, 4) is 5.75 Å². The number of rotatable bonds is 10. The van der Waals surface area contributed by atoms with Crippen molar-refractivity contribution in [2.75, 3.05) is 13.1 Å². The van der Waals surface area contributed by atoms with Crippen LogP contribution in [-0.2, 0) is 13.2 Å². The van der Waals surface area contributed by atoms with Crippen molar-refractivity contribution >= 4 is 11.0 Å². The van der Waals surface area contributed by atoms with Crippen molar-refractivity contribution in [2.45, 2.75) is 25.7 Å². The number of nitrogens with zero attached hydrogens (tertiary/aromatic N) is 2. The Hall–Kier alpha value is -3.15. The van der Waals surface area contributed by atoms with Crippen molar-refractivity contribution in [1.82, 2.24) is 14.9 Å². The van der Waals surface area contributed by atoms with Gasteiger partial charge < -0.3 is 19.7 Å². The summed E-state index contributed by atoms with van der Waals surface area (Å²) in [5.74, 6) is 0.801. The van der Waals surface area contributed by atoms with Gasteiger partial charge in [-0.1, -0.05) is 54.6 Å². The second kappa shape index (κ2) is 10.1. The molecule has 1 heterocycles. The SMILES string of the molecule is OC(CNCCCn1cnc2ccccc21)c1ccc(OCc2ccccc2)cc1. The summed E-state index contributed by atoms with van der Waals surface area (Å²) in [6.07, 6.45) is 2.32. The van der Waals surface area contributed by atoms with Gasteiger partial charge in [-0.15, -0.1) is 0 Å². The van der Waals surface area contributed by atoms with Crippen LogP contribution in [0.25, 0.3) is 11.0 Å². The molecule has 4 rings (SSSR count). The summed E-state index contributed by atoms with van der Waals surface area (Å²) in [6, 6.07) is 25.9. The van der Waals surface area contributed by atoms with Crippen LogP contribution in [0.4, 0.5) is 0 Å². The Bertz CT molecular complexity index is 1040. The lowest BCUT2D eigenvalue weighted by molar-refractivity contribution is 0.174. The number of nitrogens with one attached hydrogen (secondary N) is 1. The molecule has 0 fully saturated rings. The van der Waals surface area contributed by atoms with E-state index in [9.17, 15) is 5.11 Å². The summed E-state index contributed by atoms with van der Waals surface area (Å²) < 4.78 is 7.97. The van der Waals surface area contributed by atoms with Crippen LogP contribution in [-0.4, -0.2) is 27.7 Å². The Morgan fingerprint density at radius 3 is 2.53 bits per heavy atom. The lowest BCUT2D eigenvalue weighted by atomic mass is 10.1. The number of aromatic nitrogens is 2. The minimum atomic E-state index is -0.540. The van der Waals surface area contributed by atoms with Gasteiger partial charge in [0.25, 0.3) is 0 Å². The highest BCUT2D eigenvalue weighted by molar-refractivity contribution is 5.74. The van der Waals surface area contributed by atoms with E-state index in [1.165, 1.54) is 0 Å². The van der Waals surface area contributed by atoms with E-state index < -0.39 is 6.10 Å². The molecular weight excluding hydrogens is 374 g/mol. The largest absolute Gasteiger partial charge is 0.489 e. The molecule has 1 aromatic heterocycles. The molecule has 4 aromatic rings. The number of para-hydroxylation sites is 2. The summed E-state index contributed by atoms with van der Waals surface area (Å²) in [7, 11) is 0. The molecule has 0 aliphatic heterocycles. The van der Waals surface area contributed by atoms with E-state index >= 15 is 0 Å². The van der Waals surface area contributed by atoms with Gasteiger partial charge in [-0.2, -0.15) is 0 Å². The summed E-state index contributed by atoms with van der Waals surface area (Å²) >= 11 is 0. The van der Waals surface area contributed by atoms with Crippen LogP contribution in [0.15, 0.2) is 85.2 Å². The van der Waals surface area contributed by atoms with Gasteiger partial charge >= 0.3 is 0 Å². The van der Waals surface area contributed by atoms with Crippen LogP contribution in [0.2, 0.25) is 0 Å². The maximum absolute atomic E-state index is 10.4. The molecule has 0 aliphatic rings. The molecule has 1 atom stereocenters. The molecule has 0 spiro atoms. The summed E-state index contributed by atoms with van der Waals surface area (Å²) in [4.78, 5) is 4.42. The first kappa shape index (κ1) is 20.1. The minimum Gasteiger partial charge on any atom is -0.489 e. The fourth-order valence-corrected chi connectivity index (χ4v) is 3.45. The number of aryl methyl sites for hydroxylation is 1. The van der Waals surface area contributed by atoms with Gasteiger partial charge in [0.1, 0.15) is 12.4 Å².